The monoisotopic (exact) mass is 338 g/mol. The molecule has 0 bridgehead atoms. The van der Waals surface area contributed by atoms with Crippen LogP contribution in [0, 0.1) is 0 Å². The fourth-order valence-corrected chi connectivity index (χ4v) is 4.05. The smallest absolute Gasteiger partial charge is 0.352 e. The van der Waals surface area contributed by atoms with Gasteiger partial charge < -0.3 is 10.1 Å². The van der Waals surface area contributed by atoms with E-state index in [0.717, 1.165) is 20.9 Å². The number of sulfonamides is 1. The van der Waals surface area contributed by atoms with Crippen molar-refractivity contribution in [2.45, 2.75) is 4.90 Å². The Morgan fingerprint density at radius 1 is 1.14 bits per heavy atom. The van der Waals surface area contributed by atoms with Crippen LogP contribution in [0.5, 0.6) is 0 Å². The predicted octanol–water partition coefficient (Wildman–Crippen LogP) is -1.78. The number of hydrogen-bond donors (Lipinski definition) is 3. The zero-order chi connectivity index (χ0) is 15.8. The Balaban J connectivity index is 2.16. The first-order valence-electron chi connectivity index (χ1n) is 5.82. The number of aromatic amines is 1. The Hall–Kier alpha value is -1.47. The SMILES string of the molecule is NS(=O)(=O)N1CCN(S(=O)(=O)c2c[nH]c(C(=O)O)c2)CC1. The second kappa shape index (κ2) is 5.38. The molecule has 0 aromatic carbocycles. The van der Waals surface area contributed by atoms with E-state index in [1.807, 2.05) is 0 Å². The zero-order valence-electron chi connectivity index (χ0n) is 10.8. The minimum atomic E-state index is -3.87. The molecule has 10 nitrogen and oxygen atoms in total. The van der Waals surface area contributed by atoms with Gasteiger partial charge in [-0.15, -0.1) is 0 Å². The van der Waals surface area contributed by atoms with Gasteiger partial charge in [-0.25, -0.2) is 18.4 Å². The number of nitrogens with zero attached hydrogens (tertiary/aromatic N) is 2. The van der Waals surface area contributed by atoms with Gasteiger partial charge in [0.05, 0.1) is 0 Å². The maximum absolute atomic E-state index is 12.3. The van der Waals surface area contributed by atoms with E-state index in [0.29, 0.717) is 0 Å². The van der Waals surface area contributed by atoms with Gasteiger partial charge in [-0.2, -0.15) is 17.0 Å². The van der Waals surface area contributed by atoms with Crippen molar-refractivity contribution in [2.24, 2.45) is 5.14 Å². The summed E-state index contributed by atoms with van der Waals surface area (Å²) in [6.45, 7) is -0.193. The predicted molar refractivity (Wildman–Crippen MR) is 71.2 cm³/mol. The molecule has 1 saturated heterocycles. The summed E-state index contributed by atoms with van der Waals surface area (Å²) in [4.78, 5) is 12.9. The van der Waals surface area contributed by atoms with Crippen LogP contribution in [-0.4, -0.2) is 67.7 Å². The molecule has 0 unspecified atom stereocenters. The first-order chi connectivity index (χ1) is 9.62. The molecule has 1 aromatic rings. The number of hydrogen-bond acceptors (Lipinski definition) is 5. The standard InChI is InChI=1S/C9H14N4O6S2/c10-21(18,19)13-3-1-12(2-4-13)20(16,17)7-5-8(9(14)15)11-6-7/h5-6,11H,1-4H2,(H,14,15)(H2,10,18,19). The second-order valence-corrected chi connectivity index (χ2v) is 7.89. The molecule has 1 aliphatic heterocycles. The highest BCUT2D eigenvalue weighted by Crippen LogP contribution is 2.19. The molecular formula is C9H14N4O6S2. The molecule has 1 aromatic heterocycles. The summed E-state index contributed by atoms with van der Waals surface area (Å²) in [5.41, 5.74) is -0.239. The summed E-state index contributed by atoms with van der Waals surface area (Å²) in [5, 5.41) is 13.7. The van der Waals surface area contributed by atoms with Crippen LogP contribution in [0.2, 0.25) is 0 Å². The van der Waals surface area contributed by atoms with E-state index in [2.05, 4.69) is 4.98 Å². The van der Waals surface area contributed by atoms with E-state index >= 15 is 0 Å². The van der Waals surface area contributed by atoms with Gasteiger partial charge >= 0.3 is 5.97 Å². The van der Waals surface area contributed by atoms with Crippen molar-refractivity contribution in [3.8, 4) is 0 Å². The van der Waals surface area contributed by atoms with Crippen molar-refractivity contribution in [1.82, 2.24) is 13.6 Å². The minimum absolute atomic E-state index is 0.0473. The van der Waals surface area contributed by atoms with Gasteiger partial charge in [-0.1, -0.05) is 0 Å². The highest BCUT2D eigenvalue weighted by molar-refractivity contribution is 7.89. The maximum atomic E-state index is 12.3. The van der Waals surface area contributed by atoms with Gasteiger partial charge in [-0.05, 0) is 6.07 Å². The summed E-state index contributed by atoms with van der Waals surface area (Å²) < 4.78 is 49.0. The van der Waals surface area contributed by atoms with Crippen LogP contribution in [0.1, 0.15) is 10.5 Å². The average molecular weight is 338 g/mol. The Morgan fingerprint density at radius 2 is 1.67 bits per heavy atom. The number of carboxylic acids is 1. The molecule has 1 aliphatic rings. The van der Waals surface area contributed by atoms with Gasteiger partial charge in [0, 0.05) is 32.4 Å². The van der Waals surface area contributed by atoms with E-state index in [1.54, 1.807) is 0 Å². The third-order valence-corrected chi connectivity index (χ3v) is 6.04. The maximum Gasteiger partial charge on any atom is 0.352 e. The summed E-state index contributed by atoms with van der Waals surface area (Å²) in [6.07, 6.45) is 1.09. The number of piperazine rings is 1. The highest BCUT2D eigenvalue weighted by Gasteiger charge is 2.32. The van der Waals surface area contributed by atoms with Crippen molar-refractivity contribution < 1.29 is 26.7 Å². The molecule has 2 rings (SSSR count). The van der Waals surface area contributed by atoms with Crippen LogP contribution >= 0.6 is 0 Å². The average Bonchev–Trinajstić information content (AvgIpc) is 2.88. The summed E-state index contributed by atoms with van der Waals surface area (Å²) in [7, 11) is -7.71. The first kappa shape index (κ1) is 15.9. The third kappa shape index (κ3) is 3.24. The summed E-state index contributed by atoms with van der Waals surface area (Å²) >= 11 is 0. The van der Waals surface area contributed by atoms with E-state index in [-0.39, 0.29) is 36.8 Å². The lowest BCUT2D eigenvalue weighted by Gasteiger charge is -2.31. The summed E-state index contributed by atoms with van der Waals surface area (Å²) in [6, 6.07) is 1.02. The number of aromatic carboxylic acids is 1. The lowest BCUT2D eigenvalue weighted by Crippen LogP contribution is -2.52. The number of nitrogens with two attached hydrogens (primary N) is 1. The number of carboxylic acid groups (broad SMARTS) is 1. The fraction of sp³-hybridized carbons (Fsp3) is 0.444. The van der Waals surface area contributed by atoms with Gasteiger partial charge in [0.15, 0.2) is 0 Å². The molecule has 2 heterocycles. The van der Waals surface area contributed by atoms with Crippen LogP contribution in [0.3, 0.4) is 0 Å². The molecule has 0 spiro atoms. The molecule has 4 N–H and O–H groups in total. The number of carbonyl (C=O) groups is 1. The second-order valence-electron chi connectivity index (χ2n) is 4.40. The van der Waals surface area contributed by atoms with E-state index < -0.39 is 26.2 Å². The minimum Gasteiger partial charge on any atom is -0.477 e. The van der Waals surface area contributed by atoms with Crippen LogP contribution in [0.15, 0.2) is 17.2 Å². The van der Waals surface area contributed by atoms with Gasteiger partial charge in [0.1, 0.15) is 10.6 Å². The van der Waals surface area contributed by atoms with Crippen LogP contribution in [0.4, 0.5) is 0 Å². The molecule has 1 fully saturated rings. The first-order valence-corrected chi connectivity index (χ1v) is 8.76. The van der Waals surface area contributed by atoms with Gasteiger partial charge in [-0.3, -0.25) is 0 Å². The molecule has 118 valence electrons. The van der Waals surface area contributed by atoms with Crippen LogP contribution in [0.25, 0.3) is 0 Å². The van der Waals surface area contributed by atoms with Crippen molar-refractivity contribution in [3.63, 3.8) is 0 Å². The van der Waals surface area contributed by atoms with E-state index in [4.69, 9.17) is 10.2 Å². The Kier molecular flexibility index (Phi) is 4.08. The normalized spacial score (nSPS) is 18.7. The van der Waals surface area contributed by atoms with E-state index in [9.17, 15) is 21.6 Å². The lowest BCUT2D eigenvalue weighted by atomic mass is 10.4. The molecule has 0 atom stereocenters. The van der Waals surface area contributed by atoms with E-state index in [1.165, 1.54) is 0 Å². The number of aromatic nitrogens is 1. The van der Waals surface area contributed by atoms with Crippen molar-refractivity contribution in [3.05, 3.63) is 18.0 Å². The molecule has 0 saturated carbocycles. The molecular weight excluding hydrogens is 324 g/mol. The van der Waals surface area contributed by atoms with Crippen LogP contribution < -0.4 is 5.14 Å². The van der Waals surface area contributed by atoms with Crippen molar-refractivity contribution in [1.29, 1.82) is 0 Å². The fourth-order valence-electron chi connectivity index (χ4n) is 1.96. The lowest BCUT2D eigenvalue weighted by molar-refractivity contribution is 0.0691. The third-order valence-electron chi connectivity index (χ3n) is 3.08. The Morgan fingerprint density at radius 3 is 2.10 bits per heavy atom. The van der Waals surface area contributed by atoms with Gasteiger partial charge in [0.2, 0.25) is 10.0 Å². The zero-order valence-corrected chi connectivity index (χ0v) is 12.4. The molecule has 0 radical (unpaired) electrons. The molecule has 12 heteroatoms. The Labute approximate surface area is 121 Å². The molecule has 0 amide bonds. The van der Waals surface area contributed by atoms with Crippen molar-refractivity contribution in [2.75, 3.05) is 26.2 Å². The summed E-state index contributed by atoms with van der Waals surface area (Å²) in [5.74, 6) is -1.27. The number of rotatable bonds is 4. The number of H-pyrrole nitrogens is 1. The molecule has 21 heavy (non-hydrogen) atoms. The quantitative estimate of drug-likeness (QED) is 0.590. The Bertz CT molecular complexity index is 745. The largest absolute Gasteiger partial charge is 0.477 e. The molecule has 0 aliphatic carbocycles. The topological polar surface area (TPSA) is 154 Å². The number of nitrogens with one attached hydrogen (secondary N) is 1. The van der Waals surface area contributed by atoms with Crippen LogP contribution in [-0.2, 0) is 20.2 Å². The van der Waals surface area contributed by atoms with Gasteiger partial charge in [0.25, 0.3) is 10.2 Å². The highest BCUT2D eigenvalue weighted by atomic mass is 32.2. The van der Waals surface area contributed by atoms with Crippen molar-refractivity contribution >= 4 is 26.2 Å².